The monoisotopic (exact) mass is 317 g/mol. The Kier molecular flexibility index (Phi) is 3.65. The third-order valence-electron chi connectivity index (χ3n) is 3.09. The Hall–Kier alpha value is -1.92. The zero-order valence-electron chi connectivity index (χ0n) is 12.0. The highest BCUT2D eigenvalue weighted by Crippen LogP contribution is 2.32. The lowest BCUT2D eigenvalue weighted by molar-refractivity contribution is 0.450. The number of rotatable bonds is 2. The number of aryl methyl sites for hydroxylation is 1. The summed E-state index contributed by atoms with van der Waals surface area (Å²) in [7, 11) is 5.74. The predicted molar refractivity (Wildman–Crippen MR) is 90.9 cm³/mol. The van der Waals surface area contributed by atoms with Crippen LogP contribution in [0.1, 0.15) is 0 Å². The molecule has 0 aliphatic heterocycles. The first-order chi connectivity index (χ1) is 10.0. The smallest absolute Gasteiger partial charge is 0.264 e. The Balaban J connectivity index is 1.96. The van der Waals surface area contributed by atoms with Crippen molar-refractivity contribution < 1.29 is 4.74 Å². The molecular weight excluding hydrogens is 302 g/mol. The van der Waals surface area contributed by atoms with Crippen molar-refractivity contribution in [2.45, 2.75) is 0 Å². The minimum absolute atomic E-state index is 0.446. The molecule has 0 atom stereocenters. The minimum atomic E-state index is 0.446. The van der Waals surface area contributed by atoms with Crippen molar-refractivity contribution in [3.05, 3.63) is 36.5 Å². The Labute approximate surface area is 132 Å². The molecule has 0 aliphatic carbocycles. The molecular formula is C15H15N3OS2. The second-order valence-corrected chi connectivity index (χ2v) is 6.30. The highest BCUT2D eigenvalue weighted by Gasteiger charge is 2.10. The van der Waals surface area contributed by atoms with Crippen LogP contribution < -0.4 is 4.74 Å². The highest BCUT2D eigenvalue weighted by molar-refractivity contribution is 7.80. The van der Waals surface area contributed by atoms with E-state index in [1.54, 1.807) is 16.2 Å². The maximum Gasteiger partial charge on any atom is 0.264 e. The molecule has 21 heavy (non-hydrogen) atoms. The molecule has 108 valence electrons. The van der Waals surface area contributed by atoms with Gasteiger partial charge in [0.05, 0.1) is 15.9 Å². The molecule has 0 N–H and O–H groups in total. The zero-order valence-corrected chi connectivity index (χ0v) is 13.7. The van der Waals surface area contributed by atoms with Gasteiger partial charge in [0, 0.05) is 33.4 Å². The molecule has 0 saturated heterocycles. The molecule has 3 aromatic rings. The number of thiazole rings is 1. The van der Waals surface area contributed by atoms with Gasteiger partial charge in [-0.3, -0.25) is 0 Å². The molecule has 3 rings (SSSR count). The Bertz CT molecular complexity index is 804. The van der Waals surface area contributed by atoms with Gasteiger partial charge in [-0.2, -0.15) is 0 Å². The van der Waals surface area contributed by atoms with E-state index in [9.17, 15) is 0 Å². The van der Waals surface area contributed by atoms with E-state index in [0.29, 0.717) is 5.17 Å². The molecule has 1 aromatic carbocycles. The maximum atomic E-state index is 5.64. The molecule has 0 aliphatic rings. The van der Waals surface area contributed by atoms with Gasteiger partial charge < -0.3 is 14.2 Å². The molecule has 4 nitrogen and oxygen atoms in total. The molecule has 6 heteroatoms. The van der Waals surface area contributed by atoms with Gasteiger partial charge in [0.1, 0.15) is 10.8 Å². The van der Waals surface area contributed by atoms with Crippen LogP contribution in [0.3, 0.4) is 0 Å². The highest BCUT2D eigenvalue weighted by atomic mass is 32.1. The van der Waals surface area contributed by atoms with Crippen LogP contribution in [-0.2, 0) is 7.05 Å². The first-order valence-electron chi connectivity index (χ1n) is 6.46. The number of hydrogen-bond acceptors (Lipinski definition) is 4. The molecule has 2 aromatic heterocycles. The van der Waals surface area contributed by atoms with Crippen molar-refractivity contribution >= 4 is 38.9 Å². The lowest BCUT2D eigenvalue weighted by Crippen LogP contribution is -2.24. The lowest BCUT2D eigenvalue weighted by Gasteiger charge is -2.13. The first kappa shape index (κ1) is 14.0. The summed E-state index contributed by atoms with van der Waals surface area (Å²) in [4.78, 5) is 6.44. The van der Waals surface area contributed by atoms with Gasteiger partial charge in [0.2, 0.25) is 0 Å². The second-order valence-electron chi connectivity index (χ2n) is 4.92. The molecule has 0 unspecified atom stereocenters. The standard InChI is InChI=1S/C15H15N3OS2/c1-17(2)15(20)19-10-6-7-11-13(9-10)21-14(16-11)12-5-4-8-18(12)3/h4-9H,1-3H3. The van der Waals surface area contributed by atoms with E-state index in [1.165, 1.54) is 0 Å². The number of benzene rings is 1. The number of ether oxygens (including phenoxy) is 1. The summed E-state index contributed by atoms with van der Waals surface area (Å²) in [6, 6.07) is 9.93. The fourth-order valence-electron chi connectivity index (χ4n) is 1.95. The number of fused-ring (bicyclic) bond motifs is 1. The summed E-state index contributed by atoms with van der Waals surface area (Å²) in [5.41, 5.74) is 2.09. The summed E-state index contributed by atoms with van der Waals surface area (Å²) in [6.07, 6.45) is 2.02. The van der Waals surface area contributed by atoms with Crippen LogP contribution in [-0.4, -0.2) is 33.7 Å². The molecule has 0 radical (unpaired) electrons. The fourth-order valence-corrected chi connectivity index (χ4v) is 3.11. The van der Waals surface area contributed by atoms with E-state index in [4.69, 9.17) is 17.0 Å². The maximum absolute atomic E-state index is 5.64. The van der Waals surface area contributed by atoms with Crippen LogP contribution in [0.15, 0.2) is 36.5 Å². The normalized spacial score (nSPS) is 10.8. The van der Waals surface area contributed by atoms with Crippen LogP contribution >= 0.6 is 23.6 Å². The van der Waals surface area contributed by atoms with Crippen LogP contribution in [0.4, 0.5) is 0 Å². The summed E-state index contributed by atoms with van der Waals surface area (Å²) < 4.78 is 8.79. The molecule has 0 spiro atoms. The van der Waals surface area contributed by atoms with Gasteiger partial charge in [0.15, 0.2) is 0 Å². The molecule has 0 bridgehead atoms. The van der Waals surface area contributed by atoms with E-state index in [1.807, 2.05) is 51.6 Å². The van der Waals surface area contributed by atoms with Crippen LogP contribution in [0, 0.1) is 0 Å². The fraction of sp³-hybridized carbons (Fsp3) is 0.200. The van der Waals surface area contributed by atoms with Crippen LogP contribution in [0.2, 0.25) is 0 Å². The molecule has 0 fully saturated rings. The van der Waals surface area contributed by atoms with E-state index in [-0.39, 0.29) is 0 Å². The molecule has 2 heterocycles. The van der Waals surface area contributed by atoms with E-state index >= 15 is 0 Å². The number of hydrogen-bond donors (Lipinski definition) is 0. The number of thiocarbonyl (C=S) groups is 1. The van der Waals surface area contributed by atoms with E-state index in [0.717, 1.165) is 26.7 Å². The minimum Gasteiger partial charge on any atom is -0.432 e. The van der Waals surface area contributed by atoms with Crippen molar-refractivity contribution in [1.29, 1.82) is 0 Å². The van der Waals surface area contributed by atoms with Gasteiger partial charge in [-0.05, 0) is 36.5 Å². The van der Waals surface area contributed by atoms with E-state index in [2.05, 4.69) is 15.6 Å². The number of nitrogens with zero attached hydrogens (tertiary/aromatic N) is 3. The van der Waals surface area contributed by atoms with Gasteiger partial charge in [-0.15, -0.1) is 11.3 Å². The van der Waals surface area contributed by atoms with Crippen LogP contribution in [0.25, 0.3) is 20.9 Å². The van der Waals surface area contributed by atoms with Gasteiger partial charge in [0.25, 0.3) is 5.17 Å². The van der Waals surface area contributed by atoms with Gasteiger partial charge in [-0.1, -0.05) is 0 Å². The topological polar surface area (TPSA) is 30.3 Å². The molecule has 0 saturated carbocycles. The third kappa shape index (κ3) is 2.77. The Morgan fingerprint density at radius 3 is 2.81 bits per heavy atom. The Morgan fingerprint density at radius 1 is 1.33 bits per heavy atom. The summed E-state index contributed by atoms with van der Waals surface area (Å²) >= 11 is 6.81. The van der Waals surface area contributed by atoms with Crippen molar-refractivity contribution in [3.8, 4) is 16.5 Å². The number of aromatic nitrogens is 2. The predicted octanol–water partition coefficient (Wildman–Crippen LogP) is 3.53. The lowest BCUT2D eigenvalue weighted by atomic mass is 10.3. The average Bonchev–Trinajstić information content (AvgIpc) is 3.03. The second kappa shape index (κ2) is 5.46. The zero-order chi connectivity index (χ0) is 15.0. The quantitative estimate of drug-likeness (QED) is 0.677. The molecule has 0 amide bonds. The Morgan fingerprint density at radius 2 is 2.14 bits per heavy atom. The average molecular weight is 317 g/mol. The van der Waals surface area contributed by atoms with Crippen molar-refractivity contribution in [3.63, 3.8) is 0 Å². The SMILES string of the molecule is CN(C)C(=S)Oc1ccc2nc(-c3cccn3C)sc2c1. The largest absolute Gasteiger partial charge is 0.432 e. The van der Waals surface area contributed by atoms with Crippen LogP contribution in [0.5, 0.6) is 5.75 Å². The van der Waals surface area contributed by atoms with E-state index < -0.39 is 0 Å². The van der Waals surface area contributed by atoms with Crippen molar-refractivity contribution in [2.24, 2.45) is 7.05 Å². The van der Waals surface area contributed by atoms with Gasteiger partial charge >= 0.3 is 0 Å². The first-order valence-corrected chi connectivity index (χ1v) is 7.68. The van der Waals surface area contributed by atoms with Crippen molar-refractivity contribution in [2.75, 3.05) is 14.1 Å². The summed E-state index contributed by atoms with van der Waals surface area (Å²) in [6.45, 7) is 0. The van der Waals surface area contributed by atoms with Gasteiger partial charge in [-0.25, -0.2) is 4.98 Å². The third-order valence-corrected chi connectivity index (χ3v) is 4.58. The summed E-state index contributed by atoms with van der Waals surface area (Å²) in [5.74, 6) is 0.739. The van der Waals surface area contributed by atoms with Crippen molar-refractivity contribution in [1.82, 2.24) is 14.5 Å². The summed E-state index contributed by atoms with van der Waals surface area (Å²) in [5, 5.41) is 1.45.